The highest BCUT2D eigenvalue weighted by atomic mass is 19.1. The number of aromatic nitrogens is 1. The van der Waals surface area contributed by atoms with Crippen molar-refractivity contribution in [3.8, 4) is 5.75 Å². The molecule has 0 spiro atoms. The number of phenols is 1. The highest BCUT2D eigenvalue weighted by Crippen LogP contribution is 2.40. The maximum atomic E-state index is 14.2. The number of nitrogens with zero attached hydrogens (tertiary/aromatic N) is 5. The molecule has 6 rings (SSSR count). The summed E-state index contributed by atoms with van der Waals surface area (Å²) in [6.07, 6.45) is 5.52. The Morgan fingerprint density at radius 1 is 1.19 bits per heavy atom. The van der Waals surface area contributed by atoms with Crippen LogP contribution in [0.1, 0.15) is 55.5 Å². The van der Waals surface area contributed by atoms with Crippen molar-refractivity contribution in [1.29, 1.82) is 0 Å². The lowest BCUT2D eigenvalue weighted by Gasteiger charge is -2.37. The fourth-order valence-corrected chi connectivity index (χ4v) is 6.13. The average molecular weight is 501 g/mol. The second kappa shape index (κ2) is 8.54. The van der Waals surface area contributed by atoms with E-state index >= 15 is 0 Å². The van der Waals surface area contributed by atoms with Gasteiger partial charge in [0, 0.05) is 23.4 Å². The maximum absolute atomic E-state index is 14.2. The number of phenolic OH excluding ortho intramolecular Hbond substituents is 1. The molecule has 2 atom stereocenters. The van der Waals surface area contributed by atoms with E-state index in [-0.39, 0.29) is 17.4 Å². The molecule has 1 saturated carbocycles. The summed E-state index contributed by atoms with van der Waals surface area (Å²) in [6.45, 7) is 4.19. The van der Waals surface area contributed by atoms with E-state index in [1.807, 2.05) is 41.6 Å². The third-order valence-corrected chi connectivity index (χ3v) is 7.94. The Labute approximate surface area is 213 Å². The minimum atomic E-state index is -0.929. The number of aromatic hydroxyl groups is 1. The van der Waals surface area contributed by atoms with Crippen molar-refractivity contribution in [2.24, 2.45) is 26.7 Å². The molecule has 2 unspecified atom stereocenters. The zero-order chi connectivity index (χ0) is 25.9. The van der Waals surface area contributed by atoms with Gasteiger partial charge in [-0.05, 0) is 55.8 Å². The van der Waals surface area contributed by atoms with Gasteiger partial charge >= 0.3 is 0 Å². The molecule has 1 fully saturated rings. The molecule has 190 valence electrons. The summed E-state index contributed by atoms with van der Waals surface area (Å²) in [5, 5.41) is 18.4. The number of hydrogen-bond donors (Lipinski definition) is 2. The zero-order valence-electron chi connectivity index (χ0n) is 20.9. The minimum absolute atomic E-state index is 0.0193. The molecule has 2 aliphatic heterocycles. The predicted molar refractivity (Wildman–Crippen MR) is 143 cm³/mol. The molecule has 0 amide bonds. The molecule has 3 heterocycles. The van der Waals surface area contributed by atoms with Gasteiger partial charge in [-0.2, -0.15) is 5.10 Å². The summed E-state index contributed by atoms with van der Waals surface area (Å²) >= 11 is 0. The van der Waals surface area contributed by atoms with Gasteiger partial charge in [-0.25, -0.2) is 14.4 Å². The molecule has 37 heavy (non-hydrogen) atoms. The average Bonchev–Trinajstić information content (AvgIpc) is 3.46. The van der Waals surface area contributed by atoms with Gasteiger partial charge in [0.1, 0.15) is 29.7 Å². The largest absolute Gasteiger partial charge is 0.508 e. The quantitative estimate of drug-likeness (QED) is 0.559. The number of benzene rings is 2. The Bertz CT molecular complexity index is 1550. The number of rotatable bonds is 4. The van der Waals surface area contributed by atoms with Crippen LogP contribution in [0.3, 0.4) is 0 Å². The highest BCUT2D eigenvalue weighted by molar-refractivity contribution is 6.17. The van der Waals surface area contributed by atoms with E-state index in [0.29, 0.717) is 23.7 Å². The Hall–Kier alpha value is -4.01. The molecule has 3 N–H and O–H groups in total. The van der Waals surface area contributed by atoms with Gasteiger partial charge in [0.2, 0.25) is 0 Å². The van der Waals surface area contributed by atoms with Crippen molar-refractivity contribution < 1.29 is 9.50 Å². The van der Waals surface area contributed by atoms with Crippen molar-refractivity contribution in [3.05, 3.63) is 75.5 Å². The van der Waals surface area contributed by atoms with Gasteiger partial charge in [-0.3, -0.25) is 9.80 Å². The lowest BCUT2D eigenvalue weighted by Crippen LogP contribution is -2.51. The van der Waals surface area contributed by atoms with Crippen molar-refractivity contribution in [2.45, 2.75) is 57.8 Å². The van der Waals surface area contributed by atoms with Gasteiger partial charge < -0.3 is 15.4 Å². The highest BCUT2D eigenvalue weighted by Gasteiger charge is 2.51. The number of nitrogens with two attached hydrogens (primary N) is 1. The van der Waals surface area contributed by atoms with E-state index in [1.165, 1.54) is 18.5 Å². The number of fused-ring (bicyclic) bond motifs is 2. The second-order valence-electron chi connectivity index (χ2n) is 10.4. The zero-order valence-corrected chi connectivity index (χ0v) is 20.9. The Morgan fingerprint density at radius 3 is 2.73 bits per heavy atom. The normalized spacial score (nSPS) is 23.4. The SMILES string of the molecule is Cc1cccc2cc(CN3N=C(c4cc(O)cc(F)c4)C4C(N)=NC=NC43C)n(C3CCCC3)c(=O)c12. The van der Waals surface area contributed by atoms with E-state index in [9.17, 15) is 14.3 Å². The molecule has 0 bridgehead atoms. The lowest BCUT2D eigenvalue weighted by atomic mass is 9.85. The Balaban J connectivity index is 1.51. The number of halogens is 1. The van der Waals surface area contributed by atoms with Crippen LogP contribution in [0, 0.1) is 18.7 Å². The number of amidine groups is 1. The number of aliphatic imine (C=N–C) groups is 2. The topological polar surface area (TPSA) is 109 Å². The van der Waals surface area contributed by atoms with E-state index in [0.717, 1.165) is 53.8 Å². The molecular weight excluding hydrogens is 471 g/mol. The smallest absolute Gasteiger partial charge is 0.259 e. The van der Waals surface area contributed by atoms with Gasteiger partial charge in [-0.1, -0.05) is 31.0 Å². The van der Waals surface area contributed by atoms with Crippen LogP contribution < -0.4 is 11.3 Å². The standard InChI is InChI=1S/C28H29FN6O2/c1-16-6-5-7-17-11-21(35(27(37)23(16)17)20-8-3-4-9-20)14-34-28(2)24(26(30)31-15-32-28)25(33-34)18-10-19(29)13-22(36)12-18/h5-7,10-13,15,20,24,36H,3-4,8-9,14H2,1-2H3,(H2,30,31,32). The first-order chi connectivity index (χ1) is 17.8. The van der Waals surface area contributed by atoms with Gasteiger partial charge in [0.05, 0.1) is 17.6 Å². The molecule has 8 nitrogen and oxygen atoms in total. The Morgan fingerprint density at radius 2 is 1.97 bits per heavy atom. The number of hydrogen-bond acceptors (Lipinski definition) is 7. The molecule has 0 saturated heterocycles. The van der Waals surface area contributed by atoms with Crippen LogP contribution in [0.4, 0.5) is 4.39 Å². The summed E-state index contributed by atoms with van der Waals surface area (Å²) < 4.78 is 16.2. The summed E-state index contributed by atoms with van der Waals surface area (Å²) in [4.78, 5) is 22.8. The fraction of sp³-hybridized carbons (Fsp3) is 0.357. The van der Waals surface area contributed by atoms with Crippen LogP contribution in [0.15, 0.2) is 62.3 Å². The Kier molecular flexibility index (Phi) is 5.40. The predicted octanol–water partition coefficient (Wildman–Crippen LogP) is 4.22. The minimum Gasteiger partial charge on any atom is -0.508 e. The van der Waals surface area contributed by atoms with Crippen LogP contribution in [0.25, 0.3) is 10.8 Å². The van der Waals surface area contributed by atoms with Crippen LogP contribution in [-0.2, 0) is 6.54 Å². The van der Waals surface area contributed by atoms with Crippen LogP contribution in [-0.4, -0.2) is 38.2 Å². The van der Waals surface area contributed by atoms with Crippen molar-refractivity contribution >= 4 is 28.7 Å². The first kappa shape index (κ1) is 23.4. The van der Waals surface area contributed by atoms with Crippen molar-refractivity contribution in [2.75, 3.05) is 0 Å². The lowest BCUT2D eigenvalue weighted by molar-refractivity contribution is 0.113. The molecule has 3 aromatic rings. The first-order valence-corrected chi connectivity index (χ1v) is 12.6. The second-order valence-corrected chi connectivity index (χ2v) is 10.4. The molecule has 0 radical (unpaired) electrons. The summed E-state index contributed by atoms with van der Waals surface area (Å²) in [7, 11) is 0. The van der Waals surface area contributed by atoms with Crippen LogP contribution >= 0.6 is 0 Å². The maximum Gasteiger partial charge on any atom is 0.259 e. The number of aryl methyl sites for hydroxylation is 1. The molecular formula is C28H29FN6O2. The van der Waals surface area contributed by atoms with Gasteiger partial charge in [0.15, 0.2) is 5.66 Å². The molecule has 1 aromatic heterocycles. The number of hydrazone groups is 1. The monoisotopic (exact) mass is 500 g/mol. The third-order valence-electron chi connectivity index (χ3n) is 7.94. The molecule has 2 aromatic carbocycles. The first-order valence-electron chi connectivity index (χ1n) is 12.6. The van der Waals surface area contributed by atoms with Crippen LogP contribution in [0.5, 0.6) is 5.75 Å². The van der Waals surface area contributed by atoms with Gasteiger partial charge in [-0.15, -0.1) is 0 Å². The summed E-state index contributed by atoms with van der Waals surface area (Å²) in [5.74, 6) is -1.02. The van der Waals surface area contributed by atoms with Crippen molar-refractivity contribution in [1.82, 2.24) is 9.58 Å². The summed E-state index contributed by atoms with van der Waals surface area (Å²) in [6, 6.07) is 11.9. The van der Waals surface area contributed by atoms with E-state index < -0.39 is 17.4 Å². The molecule has 1 aliphatic carbocycles. The summed E-state index contributed by atoms with van der Waals surface area (Å²) in [5.41, 5.74) is 8.13. The van der Waals surface area contributed by atoms with Gasteiger partial charge in [0.25, 0.3) is 5.56 Å². The van der Waals surface area contributed by atoms with Crippen LogP contribution in [0.2, 0.25) is 0 Å². The van der Waals surface area contributed by atoms with E-state index in [2.05, 4.69) is 16.1 Å². The van der Waals surface area contributed by atoms with Crippen molar-refractivity contribution in [3.63, 3.8) is 0 Å². The van der Waals surface area contributed by atoms with E-state index in [1.54, 1.807) is 0 Å². The fourth-order valence-electron chi connectivity index (χ4n) is 6.13. The number of pyridine rings is 1. The third kappa shape index (κ3) is 3.72. The molecule has 3 aliphatic rings. The van der Waals surface area contributed by atoms with E-state index in [4.69, 9.17) is 10.8 Å². The molecule has 9 heteroatoms.